The van der Waals surface area contributed by atoms with Crippen molar-refractivity contribution >= 4 is 5.97 Å². The second kappa shape index (κ2) is 8.05. The molecule has 0 saturated carbocycles. The van der Waals surface area contributed by atoms with E-state index in [1.807, 2.05) is 6.07 Å². The van der Waals surface area contributed by atoms with Gasteiger partial charge in [-0.25, -0.2) is 0 Å². The lowest BCUT2D eigenvalue weighted by Gasteiger charge is -2.46. The monoisotopic (exact) mass is 371 g/mol. The first kappa shape index (κ1) is 19.9. The Bertz CT molecular complexity index is 735. The molecule has 27 heavy (non-hydrogen) atoms. The average Bonchev–Trinajstić information content (AvgIpc) is 2.60. The van der Waals surface area contributed by atoms with Crippen molar-refractivity contribution in [2.24, 2.45) is 11.7 Å². The lowest BCUT2D eigenvalue weighted by Crippen LogP contribution is -2.45. The molecule has 1 aliphatic carbocycles. The van der Waals surface area contributed by atoms with Gasteiger partial charge in [0, 0.05) is 17.4 Å². The van der Waals surface area contributed by atoms with E-state index < -0.39 is 5.97 Å². The number of hydrogen-bond donors (Lipinski definition) is 1. The second-order valence-electron chi connectivity index (χ2n) is 8.53. The summed E-state index contributed by atoms with van der Waals surface area (Å²) >= 11 is 0. The number of carbonyl (C=O) groups excluding carboxylic acids is 1. The standard InChI is InChI=1S/C23H33NO3/c1-5-6-7-8-16-12-19(26-21(25)14-24)22-17-11-15(2)9-10-18(17)23(3,4)27-20(22)13-16/h11-13,17-18H,5-10,14,24H2,1-4H3/t17-,18-/m1/s1. The summed E-state index contributed by atoms with van der Waals surface area (Å²) < 4.78 is 12.2. The van der Waals surface area contributed by atoms with Gasteiger partial charge in [0.2, 0.25) is 0 Å². The number of hydrogen-bond acceptors (Lipinski definition) is 4. The van der Waals surface area contributed by atoms with Gasteiger partial charge in [0.15, 0.2) is 0 Å². The van der Waals surface area contributed by atoms with Gasteiger partial charge in [0.05, 0.1) is 6.54 Å². The number of esters is 1. The van der Waals surface area contributed by atoms with Crippen LogP contribution in [0, 0.1) is 5.92 Å². The third-order valence-corrected chi connectivity index (χ3v) is 5.97. The van der Waals surface area contributed by atoms with E-state index in [9.17, 15) is 4.79 Å². The Morgan fingerprint density at radius 3 is 2.81 bits per heavy atom. The maximum Gasteiger partial charge on any atom is 0.325 e. The van der Waals surface area contributed by atoms with Crippen molar-refractivity contribution in [2.45, 2.75) is 77.7 Å². The number of unbranched alkanes of at least 4 members (excludes halogenated alkanes) is 2. The Hall–Kier alpha value is -1.81. The molecule has 0 unspecified atom stereocenters. The first-order valence-electron chi connectivity index (χ1n) is 10.3. The topological polar surface area (TPSA) is 61.5 Å². The molecule has 0 radical (unpaired) electrons. The largest absolute Gasteiger partial charge is 0.487 e. The van der Waals surface area contributed by atoms with E-state index in [4.69, 9.17) is 15.2 Å². The van der Waals surface area contributed by atoms with E-state index in [1.54, 1.807) is 0 Å². The molecule has 3 rings (SSSR count). The number of benzene rings is 1. The fraction of sp³-hybridized carbons (Fsp3) is 0.609. The van der Waals surface area contributed by atoms with Crippen molar-refractivity contribution in [3.8, 4) is 11.5 Å². The molecule has 2 atom stereocenters. The van der Waals surface area contributed by atoms with Gasteiger partial charge in [-0.3, -0.25) is 4.79 Å². The van der Waals surface area contributed by atoms with Crippen LogP contribution in [-0.4, -0.2) is 18.1 Å². The predicted octanol–water partition coefficient (Wildman–Crippen LogP) is 4.89. The zero-order chi connectivity index (χ0) is 19.6. The number of allylic oxidation sites excluding steroid dienone is 2. The Morgan fingerprint density at radius 1 is 1.33 bits per heavy atom. The number of ether oxygens (including phenoxy) is 2. The van der Waals surface area contributed by atoms with E-state index in [0.717, 1.165) is 42.6 Å². The molecule has 0 bridgehead atoms. The first-order valence-corrected chi connectivity index (χ1v) is 10.3. The highest BCUT2D eigenvalue weighted by atomic mass is 16.5. The van der Waals surface area contributed by atoms with Crippen LogP contribution in [0.25, 0.3) is 0 Å². The van der Waals surface area contributed by atoms with Crippen LogP contribution in [0.4, 0.5) is 0 Å². The van der Waals surface area contributed by atoms with Crippen LogP contribution in [0.2, 0.25) is 0 Å². The van der Waals surface area contributed by atoms with E-state index in [1.165, 1.54) is 18.4 Å². The number of nitrogens with two attached hydrogens (primary N) is 1. The minimum Gasteiger partial charge on any atom is -0.487 e. The number of aryl methyl sites for hydroxylation is 1. The minimum atomic E-state index is -0.402. The van der Waals surface area contributed by atoms with Crippen LogP contribution in [0.1, 0.15) is 76.8 Å². The summed E-state index contributed by atoms with van der Waals surface area (Å²) in [7, 11) is 0. The Kier molecular flexibility index (Phi) is 5.95. The van der Waals surface area contributed by atoms with Crippen molar-refractivity contribution in [2.75, 3.05) is 6.54 Å². The number of rotatable bonds is 6. The van der Waals surface area contributed by atoms with Crippen molar-refractivity contribution in [1.29, 1.82) is 0 Å². The summed E-state index contributed by atoms with van der Waals surface area (Å²) in [5.74, 6) is 1.67. The Morgan fingerprint density at radius 2 is 2.11 bits per heavy atom. The molecule has 2 N–H and O–H groups in total. The summed E-state index contributed by atoms with van der Waals surface area (Å²) in [6, 6.07) is 4.18. The maximum absolute atomic E-state index is 12.0. The minimum absolute atomic E-state index is 0.121. The number of carbonyl (C=O) groups is 1. The molecule has 2 aliphatic rings. The molecule has 0 fully saturated rings. The van der Waals surface area contributed by atoms with E-state index >= 15 is 0 Å². The molecular formula is C23H33NO3. The van der Waals surface area contributed by atoms with Crippen LogP contribution in [-0.2, 0) is 11.2 Å². The van der Waals surface area contributed by atoms with Crippen LogP contribution in [0.3, 0.4) is 0 Å². The summed E-state index contributed by atoms with van der Waals surface area (Å²) in [5.41, 5.74) is 8.83. The van der Waals surface area contributed by atoms with Gasteiger partial charge in [-0.05, 0) is 64.2 Å². The van der Waals surface area contributed by atoms with E-state index in [0.29, 0.717) is 11.7 Å². The molecule has 4 nitrogen and oxygen atoms in total. The third kappa shape index (κ3) is 4.21. The van der Waals surface area contributed by atoms with Gasteiger partial charge in [-0.2, -0.15) is 0 Å². The SMILES string of the molecule is CCCCCc1cc(OC(=O)CN)c2c(c1)OC(C)(C)[C@@H]1CCC(C)=C[C@@H]21. The molecule has 148 valence electrons. The lowest BCUT2D eigenvalue weighted by atomic mass is 9.68. The van der Waals surface area contributed by atoms with Crippen molar-refractivity contribution in [3.05, 3.63) is 34.9 Å². The Balaban J connectivity index is 2.07. The van der Waals surface area contributed by atoms with Gasteiger partial charge < -0.3 is 15.2 Å². The van der Waals surface area contributed by atoms with Crippen LogP contribution >= 0.6 is 0 Å². The third-order valence-electron chi connectivity index (χ3n) is 5.97. The number of fused-ring (bicyclic) bond motifs is 3. The van der Waals surface area contributed by atoms with Crippen LogP contribution in [0.15, 0.2) is 23.8 Å². The summed E-state index contributed by atoms with van der Waals surface area (Å²) in [4.78, 5) is 12.0. The summed E-state index contributed by atoms with van der Waals surface area (Å²) in [6.07, 6.45) is 8.96. The fourth-order valence-electron chi connectivity index (χ4n) is 4.53. The highest BCUT2D eigenvalue weighted by Gasteiger charge is 2.45. The maximum atomic E-state index is 12.0. The zero-order valence-corrected chi connectivity index (χ0v) is 17.1. The lowest BCUT2D eigenvalue weighted by molar-refractivity contribution is -0.132. The molecule has 0 saturated heterocycles. The van der Waals surface area contributed by atoms with E-state index in [-0.39, 0.29) is 18.1 Å². The molecule has 1 heterocycles. The average molecular weight is 372 g/mol. The molecule has 4 heteroatoms. The zero-order valence-electron chi connectivity index (χ0n) is 17.1. The molecule has 0 aromatic heterocycles. The fourth-order valence-corrected chi connectivity index (χ4v) is 4.53. The van der Waals surface area contributed by atoms with Gasteiger partial charge in [-0.1, -0.05) is 31.4 Å². The highest BCUT2D eigenvalue weighted by molar-refractivity contribution is 5.75. The molecule has 1 aromatic carbocycles. The predicted molar refractivity (Wildman–Crippen MR) is 108 cm³/mol. The molecule has 0 spiro atoms. The van der Waals surface area contributed by atoms with Crippen LogP contribution in [0.5, 0.6) is 11.5 Å². The van der Waals surface area contributed by atoms with Gasteiger partial charge in [0.1, 0.15) is 17.1 Å². The van der Waals surface area contributed by atoms with Crippen LogP contribution < -0.4 is 15.2 Å². The first-order chi connectivity index (χ1) is 12.9. The normalized spacial score (nSPS) is 22.9. The van der Waals surface area contributed by atoms with Crippen molar-refractivity contribution in [3.63, 3.8) is 0 Å². The smallest absolute Gasteiger partial charge is 0.325 e. The Labute approximate surface area is 163 Å². The van der Waals surface area contributed by atoms with Gasteiger partial charge in [-0.15, -0.1) is 0 Å². The summed E-state index contributed by atoms with van der Waals surface area (Å²) in [6.45, 7) is 8.62. The quantitative estimate of drug-likeness (QED) is 0.334. The molecule has 1 aromatic rings. The highest BCUT2D eigenvalue weighted by Crippen LogP contribution is 2.53. The van der Waals surface area contributed by atoms with Gasteiger partial charge in [0.25, 0.3) is 0 Å². The molecular weight excluding hydrogens is 338 g/mol. The van der Waals surface area contributed by atoms with E-state index in [2.05, 4.69) is 39.8 Å². The molecule has 1 aliphatic heterocycles. The van der Waals surface area contributed by atoms with Crippen molar-refractivity contribution < 1.29 is 14.3 Å². The molecule has 0 amide bonds. The van der Waals surface area contributed by atoms with Gasteiger partial charge >= 0.3 is 5.97 Å². The summed E-state index contributed by atoms with van der Waals surface area (Å²) in [5, 5.41) is 0. The second-order valence-corrected chi connectivity index (χ2v) is 8.53. The van der Waals surface area contributed by atoms with Crippen molar-refractivity contribution in [1.82, 2.24) is 0 Å².